The molecule has 0 saturated carbocycles. The molecule has 122 valence electrons. The normalized spacial score (nSPS) is 15.1. The molecule has 0 N–H and O–H groups in total. The number of benzene rings is 1. The van der Waals surface area contributed by atoms with Crippen LogP contribution in [0.5, 0.6) is 0 Å². The maximum absolute atomic E-state index is 6.34. The molecule has 0 aliphatic carbocycles. The lowest BCUT2D eigenvalue weighted by molar-refractivity contribution is 0.0322. The molecule has 0 fully saturated rings. The Balaban J connectivity index is 2.67. The SMILES string of the molecule is C=CC(COC(C=C)c1ccccc1)O[Si](C)(C)C(C)(C)C. The average Bonchev–Trinajstić information content (AvgIpc) is 2.46. The number of rotatable bonds is 8. The van der Waals surface area contributed by atoms with E-state index in [4.69, 9.17) is 9.16 Å². The molecule has 1 aromatic carbocycles. The van der Waals surface area contributed by atoms with E-state index in [1.807, 2.05) is 42.5 Å². The van der Waals surface area contributed by atoms with E-state index in [2.05, 4.69) is 47.0 Å². The first-order valence-electron chi connectivity index (χ1n) is 7.80. The van der Waals surface area contributed by atoms with Crippen LogP contribution < -0.4 is 0 Å². The third kappa shape index (κ3) is 5.23. The third-order valence-electron chi connectivity index (χ3n) is 4.30. The quantitative estimate of drug-likeness (QED) is 0.465. The van der Waals surface area contributed by atoms with Crippen molar-refractivity contribution in [1.82, 2.24) is 0 Å². The monoisotopic (exact) mass is 318 g/mol. The molecule has 0 bridgehead atoms. The molecular formula is C19H30O2Si. The molecule has 1 rings (SSSR count). The first kappa shape index (κ1) is 18.9. The van der Waals surface area contributed by atoms with E-state index < -0.39 is 8.32 Å². The van der Waals surface area contributed by atoms with Crippen LogP contribution in [0.3, 0.4) is 0 Å². The zero-order chi connectivity index (χ0) is 16.8. The van der Waals surface area contributed by atoms with E-state index >= 15 is 0 Å². The van der Waals surface area contributed by atoms with Crippen LogP contribution in [-0.2, 0) is 9.16 Å². The highest BCUT2D eigenvalue weighted by atomic mass is 28.4. The summed E-state index contributed by atoms with van der Waals surface area (Å²) in [4.78, 5) is 0. The highest BCUT2D eigenvalue weighted by Gasteiger charge is 2.38. The lowest BCUT2D eigenvalue weighted by Crippen LogP contribution is -2.44. The van der Waals surface area contributed by atoms with Gasteiger partial charge in [-0.1, -0.05) is 63.3 Å². The van der Waals surface area contributed by atoms with Gasteiger partial charge in [-0.05, 0) is 23.7 Å². The molecule has 0 heterocycles. The maximum Gasteiger partial charge on any atom is 0.192 e. The second-order valence-corrected chi connectivity index (χ2v) is 11.8. The molecule has 0 spiro atoms. The van der Waals surface area contributed by atoms with Gasteiger partial charge in [0.05, 0.1) is 12.7 Å². The molecule has 0 aliphatic heterocycles. The molecule has 0 saturated heterocycles. The van der Waals surface area contributed by atoms with Crippen LogP contribution in [0, 0.1) is 0 Å². The van der Waals surface area contributed by atoms with E-state index in [1.165, 1.54) is 0 Å². The second-order valence-electron chi connectivity index (χ2n) is 7.05. The van der Waals surface area contributed by atoms with Gasteiger partial charge in [-0.25, -0.2) is 0 Å². The number of ether oxygens (including phenoxy) is 1. The van der Waals surface area contributed by atoms with E-state index in [9.17, 15) is 0 Å². The van der Waals surface area contributed by atoms with Gasteiger partial charge in [0.1, 0.15) is 6.10 Å². The van der Waals surface area contributed by atoms with Crippen LogP contribution in [0.1, 0.15) is 32.4 Å². The summed E-state index contributed by atoms with van der Waals surface area (Å²) in [5, 5.41) is 0.172. The van der Waals surface area contributed by atoms with Gasteiger partial charge in [-0.15, -0.1) is 13.2 Å². The predicted octanol–water partition coefficient (Wildman–Crippen LogP) is 5.51. The summed E-state index contributed by atoms with van der Waals surface area (Å²) in [6.07, 6.45) is 3.45. The Labute approximate surface area is 137 Å². The largest absolute Gasteiger partial charge is 0.408 e. The van der Waals surface area contributed by atoms with Crippen molar-refractivity contribution in [2.24, 2.45) is 0 Å². The van der Waals surface area contributed by atoms with Crippen molar-refractivity contribution < 1.29 is 9.16 Å². The molecule has 0 aromatic heterocycles. The molecule has 22 heavy (non-hydrogen) atoms. The lowest BCUT2D eigenvalue weighted by atomic mass is 10.1. The Morgan fingerprint density at radius 2 is 1.68 bits per heavy atom. The van der Waals surface area contributed by atoms with E-state index in [0.717, 1.165) is 5.56 Å². The molecule has 2 atom stereocenters. The summed E-state index contributed by atoms with van der Waals surface area (Å²) >= 11 is 0. The van der Waals surface area contributed by atoms with Crippen molar-refractivity contribution in [3.63, 3.8) is 0 Å². The van der Waals surface area contributed by atoms with Crippen LogP contribution in [0.15, 0.2) is 55.6 Å². The predicted molar refractivity (Wildman–Crippen MR) is 97.6 cm³/mol. The minimum absolute atomic E-state index is 0.0907. The van der Waals surface area contributed by atoms with E-state index in [-0.39, 0.29) is 17.2 Å². The van der Waals surface area contributed by atoms with Crippen molar-refractivity contribution in [2.75, 3.05) is 6.61 Å². The van der Waals surface area contributed by atoms with Crippen LogP contribution in [0.4, 0.5) is 0 Å². The molecule has 3 heteroatoms. The van der Waals surface area contributed by atoms with Crippen molar-refractivity contribution in [1.29, 1.82) is 0 Å². The fourth-order valence-electron chi connectivity index (χ4n) is 1.85. The molecule has 2 nitrogen and oxygen atoms in total. The maximum atomic E-state index is 6.34. The van der Waals surface area contributed by atoms with Crippen molar-refractivity contribution in [3.05, 3.63) is 61.2 Å². The minimum Gasteiger partial charge on any atom is -0.408 e. The van der Waals surface area contributed by atoms with E-state index in [1.54, 1.807) is 0 Å². The van der Waals surface area contributed by atoms with Gasteiger partial charge in [0.2, 0.25) is 0 Å². The van der Waals surface area contributed by atoms with Crippen molar-refractivity contribution in [2.45, 2.75) is 51.1 Å². The number of hydrogen-bond donors (Lipinski definition) is 0. The summed E-state index contributed by atoms with van der Waals surface area (Å²) in [5.74, 6) is 0. The average molecular weight is 319 g/mol. The van der Waals surface area contributed by atoms with Gasteiger partial charge in [-0.2, -0.15) is 0 Å². The van der Waals surface area contributed by atoms with Crippen molar-refractivity contribution >= 4 is 8.32 Å². The third-order valence-corrected chi connectivity index (χ3v) is 8.80. The van der Waals surface area contributed by atoms with Gasteiger partial charge in [0.25, 0.3) is 0 Å². The summed E-state index contributed by atoms with van der Waals surface area (Å²) in [5.41, 5.74) is 1.10. The topological polar surface area (TPSA) is 18.5 Å². The fraction of sp³-hybridized carbons (Fsp3) is 0.474. The fourth-order valence-corrected chi connectivity index (χ4v) is 3.12. The number of hydrogen-bond acceptors (Lipinski definition) is 2. The molecule has 1 aromatic rings. The molecule has 0 radical (unpaired) electrons. The van der Waals surface area contributed by atoms with Crippen molar-refractivity contribution in [3.8, 4) is 0 Å². The Kier molecular flexibility index (Phi) is 6.79. The van der Waals surface area contributed by atoms with Gasteiger partial charge in [0.15, 0.2) is 8.32 Å². The summed E-state index contributed by atoms with van der Waals surface area (Å²) in [7, 11) is -1.83. The molecule has 0 aliphatic rings. The second kappa shape index (κ2) is 7.91. The standard InChI is InChI=1S/C19H30O2Si/c1-8-17(21-22(6,7)19(3,4)5)15-20-18(9-2)16-13-11-10-12-14-16/h8-14,17-18H,1-2,15H2,3-7H3. The van der Waals surface area contributed by atoms with Gasteiger partial charge < -0.3 is 9.16 Å². The summed E-state index contributed by atoms with van der Waals surface area (Å²) in [6, 6.07) is 10.1. The first-order valence-corrected chi connectivity index (χ1v) is 10.7. The zero-order valence-electron chi connectivity index (χ0n) is 14.6. The Bertz CT molecular complexity index is 474. The van der Waals surface area contributed by atoms with Gasteiger partial charge in [0, 0.05) is 0 Å². The molecule has 2 unspecified atom stereocenters. The van der Waals surface area contributed by atoms with E-state index in [0.29, 0.717) is 6.61 Å². The van der Waals surface area contributed by atoms with Crippen LogP contribution in [-0.4, -0.2) is 21.0 Å². The highest BCUT2D eigenvalue weighted by molar-refractivity contribution is 6.74. The lowest BCUT2D eigenvalue weighted by Gasteiger charge is -2.38. The zero-order valence-corrected chi connectivity index (χ0v) is 15.6. The Hall–Kier alpha value is -1.16. The Morgan fingerprint density at radius 1 is 1.09 bits per heavy atom. The van der Waals surface area contributed by atoms with Crippen LogP contribution >= 0.6 is 0 Å². The molecule has 0 amide bonds. The highest BCUT2D eigenvalue weighted by Crippen LogP contribution is 2.37. The van der Waals surface area contributed by atoms with Gasteiger partial charge in [-0.3, -0.25) is 0 Å². The molecular weight excluding hydrogens is 288 g/mol. The first-order chi connectivity index (χ1) is 10.2. The smallest absolute Gasteiger partial charge is 0.192 e. The van der Waals surface area contributed by atoms with Crippen LogP contribution in [0.25, 0.3) is 0 Å². The summed E-state index contributed by atoms with van der Waals surface area (Å²) in [6.45, 7) is 19.4. The minimum atomic E-state index is -1.83. The Morgan fingerprint density at radius 3 is 2.14 bits per heavy atom. The van der Waals surface area contributed by atoms with Gasteiger partial charge >= 0.3 is 0 Å². The summed E-state index contributed by atoms with van der Waals surface area (Å²) < 4.78 is 12.3. The van der Waals surface area contributed by atoms with Crippen LogP contribution in [0.2, 0.25) is 18.1 Å².